The Balaban J connectivity index is 0.000000200. The molecule has 6 heteroatoms. The van der Waals surface area contributed by atoms with E-state index in [2.05, 4.69) is 0 Å². The molecule has 0 radical (unpaired) electrons. The van der Waals surface area contributed by atoms with Gasteiger partial charge in [0.2, 0.25) is 0 Å². The van der Waals surface area contributed by atoms with Crippen LogP contribution in [0.5, 0.6) is 5.75 Å². The molecule has 1 aliphatic carbocycles. The van der Waals surface area contributed by atoms with Crippen molar-refractivity contribution in [1.29, 1.82) is 0 Å². The Bertz CT molecular complexity index is 470. The fourth-order valence-corrected chi connectivity index (χ4v) is 2.03. The second-order valence-electron chi connectivity index (χ2n) is 4.71. The van der Waals surface area contributed by atoms with E-state index in [9.17, 15) is 9.59 Å². The van der Waals surface area contributed by atoms with E-state index in [0.29, 0.717) is 6.42 Å². The highest BCUT2D eigenvalue weighted by molar-refractivity contribution is 5.87. The summed E-state index contributed by atoms with van der Waals surface area (Å²) in [6, 6.07) is 5.52. The molecule has 1 fully saturated rings. The summed E-state index contributed by atoms with van der Waals surface area (Å²) in [5, 5.41) is 34.8. The molecule has 2 atom stereocenters. The summed E-state index contributed by atoms with van der Waals surface area (Å²) in [6.07, 6.45) is 2.40. The van der Waals surface area contributed by atoms with Crippen LogP contribution in [0.15, 0.2) is 24.3 Å². The van der Waals surface area contributed by atoms with Crippen molar-refractivity contribution in [2.75, 3.05) is 0 Å². The maximum Gasteiger partial charge on any atom is 0.335 e. The zero-order valence-corrected chi connectivity index (χ0v) is 10.9. The standard InChI is InChI=1S/C7H12O3.C7H6O3/c2*8-6-3-1-2-5(4-6)7(9)10/h5-6,8H,1-4H2,(H,9,10);1-4,8H,(H,9,10). The Morgan fingerprint density at radius 2 is 1.85 bits per heavy atom. The SMILES string of the molecule is O=C(O)C1CCCC(O)C1.O=C(O)c1cccc(O)c1. The number of aliphatic carboxylic acids is 1. The minimum absolute atomic E-state index is 0.0279. The number of phenols is 1. The number of aliphatic hydroxyl groups excluding tert-OH is 1. The lowest BCUT2D eigenvalue weighted by molar-refractivity contribution is -0.144. The molecule has 2 unspecified atom stereocenters. The first-order valence-corrected chi connectivity index (χ1v) is 6.33. The minimum Gasteiger partial charge on any atom is -0.508 e. The van der Waals surface area contributed by atoms with Gasteiger partial charge in [0.1, 0.15) is 5.75 Å². The predicted octanol–water partition coefficient (Wildman–Crippen LogP) is 1.71. The van der Waals surface area contributed by atoms with Gasteiger partial charge in [0, 0.05) is 0 Å². The molecular formula is C14H18O6. The summed E-state index contributed by atoms with van der Waals surface area (Å²) < 4.78 is 0. The van der Waals surface area contributed by atoms with Crippen molar-refractivity contribution in [3.05, 3.63) is 29.8 Å². The number of benzene rings is 1. The van der Waals surface area contributed by atoms with E-state index in [0.717, 1.165) is 19.3 Å². The number of hydrogen-bond acceptors (Lipinski definition) is 4. The zero-order valence-electron chi connectivity index (χ0n) is 10.9. The molecule has 0 heterocycles. The molecule has 0 bridgehead atoms. The number of aromatic hydroxyl groups is 1. The number of aliphatic hydroxyl groups is 1. The molecule has 110 valence electrons. The topological polar surface area (TPSA) is 115 Å². The van der Waals surface area contributed by atoms with Crippen LogP contribution in [-0.4, -0.2) is 38.5 Å². The van der Waals surface area contributed by atoms with E-state index >= 15 is 0 Å². The van der Waals surface area contributed by atoms with Gasteiger partial charge in [-0.3, -0.25) is 4.79 Å². The molecule has 6 nitrogen and oxygen atoms in total. The normalized spacial score (nSPS) is 21.4. The number of hydrogen-bond donors (Lipinski definition) is 4. The summed E-state index contributed by atoms with van der Waals surface area (Å²) in [7, 11) is 0. The maximum absolute atomic E-state index is 10.4. The first-order chi connectivity index (χ1) is 9.40. The van der Waals surface area contributed by atoms with Crippen molar-refractivity contribution in [3.8, 4) is 5.75 Å². The van der Waals surface area contributed by atoms with Crippen LogP contribution in [0.4, 0.5) is 0 Å². The number of aromatic carboxylic acids is 1. The lowest BCUT2D eigenvalue weighted by atomic mass is 9.87. The van der Waals surface area contributed by atoms with Gasteiger partial charge in [0.15, 0.2) is 0 Å². The first kappa shape index (κ1) is 16.0. The lowest BCUT2D eigenvalue weighted by Crippen LogP contribution is -2.25. The Hall–Kier alpha value is -2.08. The van der Waals surface area contributed by atoms with E-state index < -0.39 is 11.9 Å². The van der Waals surface area contributed by atoms with Gasteiger partial charge >= 0.3 is 11.9 Å². The highest BCUT2D eigenvalue weighted by Gasteiger charge is 2.25. The van der Waals surface area contributed by atoms with Gasteiger partial charge in [-0.25, -0.2) is 4.79 Å². The van der Waals surface area contributed by atoms with Crippen molar-refractivity contribution in [1.82, 2.24) is 0 Å². The molecule has 0 aromatic heterocycles. The third-order valence-corrected chi connectivity index (χ3v) is 3.09. The molecular weight excluding hydrogens is 264 g/mol. The van der Waals surface area contributed by atoms with Crippen LogP contribution in [0.25, 0.3) is 0 Å². The highest BCUT2D eigenvalue weighted by Crippen LogP contribution is 2.23. The molecule has 0 spiro atoms. The summed E-state index contributed by atoms with van der Waals surface area (Å²) >= 11 is 0. The predicted molar refractivity (Wildman–Crippen MR) is 70.7 cm³/mol. The van der Waals surface area contributed by atoms with Gasteiger partial charge < -0.3 is 20.4 Å². The Labute approximate surface area is 116 Å². The van der Waals surface area contributed by atoms with Crippen LogP contribution < -0.4 is 0 Å². The molecule has 0 aliphatic heterocycles. The van der Waals surface area contributed by atoms with Crippen LogP contribution in [0.3, 0.4) is 0 Å². The highest BCUT2D eigenvalue weighted by atomic mass is 16.4. The summed E-state index contributed by atoms with van der Waals surface area (Å²) in [4.78, 5) is 20.6. The fraction of sp³-hybridized carbons (Fsp3) is 0.429. The van der Waals surface area contributed by atoms with Gasteiger partial charge in [-0.05, 0) is 37.5 Å². The van der Waals surface area contributed by atoms with E-state index in [1.807, 2.05) is 0 Å². The molecule has 1 aromatic rings. The van der Waals surface area contributed by atoms with E-state index in [1.165, 1.54) is 24.3 Å². The fourth-order valence-electron chi connectivity index (χ4n) is 2.03. The van der Waals surface area contributed by atoms with Crippen LogP contribution in [0.1, 0.15) is 36.0 Å². The van der Waals surface area contributed by atoms with Crippen LogP contribution in [0, 0.1) is 5.92 Å². The van der Waals surface area contributed by atoms with E-state index in [4.69, 9.17) is 20.4 Å². The third-order valence-electron chi connectivity index (χ3n) is 3.09. The van der Waals surface area contributed by atoms with E-state index in [-0.39, 0.29) is 23.3 Å². The van der Waals surface area contributed by atoms with Gasteiger partial charge in [0.25, 0.3) is 0 Å². The molecule has 1 aliphatic rings. The average molecular weight is 282 g/mol. The van der Waals surface area contributed by atoms with Crippen molar-refractivity contribution in [2.45, 2.75) is 31.8 Å². The van der Waals surface area contributed by atoms with Gasteiger partial charge in [-0.1, -0.05) is 12.5 Å². The molecule has 2 rings (SSSR count). The number of carboxylic acid groups (broad SMARTS) is 2. The lowest BCUT2D eigenvalue weighted by Gasteiger charge is -2.21. The Kier molecular flexibility index (Phi) is 5.99. The van der Waals surface area contributed by atoms with Crippen LogP contribution in [-0.2, 0) is 4.79 Å². The van der Waals surface area contributed by atoms with Gasteiger partial charge in [0.05, 0.1) is 17.6 Å². The Morgan fingerprint density at radius 1 is 1.15 bits per heavy atom. The number of carboxylic acids is 2. The number of phenolic OH excluding ortho intramolecular Hbond substituents is 1. The molecule has 1 aromatic carbocycles. The van der Waals surface area contributed by atoms with E-state index in [1.54, 1.807) is 0 Å². The first-order valence-electron chi connectivity index (χ1n) is 6.33. The van der Waals surface area contributed by atoms with Crippen molar-refractivity contribution in [2.24, 2.45) is 5.92 Å². The molecule has 0 amide bonds. The van der Waals surface area contributed by atoms with Crippen LogP contribution in [0.2, 0.25) is 0 Å². The molecule has 0 saturated heterocycles. The second-order valence-corrected chi connectivity index (χ2v) is 4.71. The summed E-state index contributed by atoms with van der Waals surface area (Å²) in [5.41, 5.74) is 0.0972. The van der Waals surface area contributed by atoms with Crippen molar-refractivity contribution >= 4 is 11.9 Å². The minimum atomic E-state index is -1.03. The maximum atomic E-state index is 10.4. The van der Waals surface area contributed by atoms with Crippen LogP contribution >= 0.6 is 0 Å². The third kappa shape index (κ3) is 5.27. The largest absolute Gasteiger partial charge is 0.508 e. The summed E-state index contributed by atoms with van der Waals surface area (Å²) in [6.45, 7) is 0. The smallest absolute Gasteiger partial charge is 0.335 e. The Morgan fingerprint density at radius 3 is 2.25 bits per heavy atom. The molecule has 1 saturated carbocycles. The van der Waals surface area contributed by atoms with Gasteiger partial charge in [-0.15, -0.1) is 0 Å². The number of carbonyl (C=O) groups is 2. The summed E-state index contributed by atoms with van der Waals surface area (Å²) in [5.74, 6) is -2.13. The van der Waals surface area contributed by atoms with Crippen molar-refractivity contribution in [3.63, 3.8) is 0 Å². The monoisotopic (exact) mass is 282 g/mol. The van der Waals surface area contributed by atoms with Gasteiger partial charge in [-0.2, -0.15) is 0 Å². The zero-order chi connectivity index (χ0) is 15.1. The second kappa shape index (κ2) is 7.49. The average Bonchev–Trinajstić information content (AvgIpc) is 2.39. The molecule has 4 N–H and O–H groups in total. The van der Waals surface area contributed by atoms with Crippen molar-refractivity contribution < 1.29 is 30.0 Å². The molecule has 20 heavy (non-hydrogen) atoms. The quantitative estimate of drug-likeness (QED) is 0.656. The number of rotatable bonds is 2.